The van der Waals surface area contributed by atoms with Crippen LogP contribution in [0.4, 0.5) is 15.8 Å². The minimum atomic E-state index is -0.358. The molecule has 3 N–H and O–H groups in total. The molecule has 0 atom stereocenters. The van der Waals surface area contributed by atoms with Gasteiger partial charge in [-0.15, -0.1) is 0 Å². The van der Waals surface area contributed by atoms with Gasteiger partial charge in [-0.2, -0.15) is 0 Å². The lowest BCUT2D eigenvalue weighted by Crippen LogP contribution is -2.53. The molecule has 184 valence electrons. The Kier molecular flexibility index (Phi) is 6.44. The number of H-pyrrole nitrogens is 1. The molecule has 2 aromatic heterocycles. The summed E-state index contributed by atoms with van der Waals surface area (Å²) >= 11 is 0. The maximum Gasteiger partial charge on any atom is 0.255 e. The Hall–Kier alpha value is -3.43. The number of hydrogen-bond acceptors (Lipinski definition) is 6. The van der Waals surface area contributed by atoms with Crippen molar-refractivity contribution in [3.05, 3.63) is 59.8 Å². The Bertz CT molecular complexity index is 1220. The van der Waals surface area contributed by atoms with E-state index in [-0.39, 0.29) is 17.3 Å². The van der Waals surface area contributed by atoms with Crippen molar-refractivity contribution in [1.29, 1.82) is 0 Å². The summed E-state index contributed by atoms with van der Waals surface area (Å²) in [5.74, 6) is 0.0800. The van der Waals surface area contributed by atoms with E-state index >= 15 is 0 Å². The molecule has 35 heavy (non-hydrogen) atoms. The van der Waals surface area contributed by atoms with Gasteiger partial charge in [-0.1, -0.05) is 6.07 Å². The van der Waals surface area contributed by atoms with E-state index in [0.29, 0.717) is 61.2 Å². The maximum absolute atomic E-state index is 13.9. The molecular formula is C26H30FN5O3. The first-order chi connectivity index (χ1) is 16.9. The third-order valence-electron chi connectivity index (χ3n) is 6.56. The molecule has 0 spiro atoms. The summed E-state index contributed by atoms with van der Waals surface area (Å²) in [6.45, 7) is 8.47. The Balaban J connectivity index is 1.50. The number of ether oxygens (including phenoxy) is 2. The fraction of sp³-hybridized carbons (Fsp3) is 0.385. The van der Waals surface area contributed by atoms with Crippen molar-refractivity contribution in [3.63, 3.8) is 0 Å². The molecule has 1 aromatic carbocycles. The zero-order valence-corrected chi connectivity index (χ0v) is 20.0. The lowest BCUT2D eigenvalue weighted by atomic mass is 10.0. The number of anilines is 2. The molecule has 5 rings (SSSR count). The first-order valence-corrected chi connectivity index (χ1v) is 11.9. The van der Waals surface area contributed by atoms with E-state index in [9.17, 15) is 9.18 Å². The van der Waals surface area contributed by atoms with Gasteiger partial charge >= 0.3 is 0 Å². The zero-order chi connectivity index (χ0) is 24.4. The molecule has 2 aliphatic heterocycles. The molecule has 1 saturated heterocycles. The van der Waals surface area contributed by atoms with Crippen LogP contribution in [0.5, 0.6) is 5.75 Å². The van der Waals surface area contributed by atoms with Gasteiger partial charge in [0, 0.05) is 54.7 Å². The summed E-state index contributed by atoms with van der Waals surface area (Å²) < 4.78 is 25.7. The highest BCUT2D eigenvalue weighted by atomic mass is 19.1. The first-order valence-electron chi connectivity index (χ1n) is 11.9. The molecule has 1 amide bonds. The van der Waals surface area contributed by atoms with Gasteiger partial charge in [0.25, 0.3) is 5.91 Å². The van der Waals surface area contributed by atoms with Crippen molar-refractivity contribution in [2.45, 2.75) is 25.8 Å². The second-order valence-corrected chi connectivity index (χ2v) is 9.44. The molecule has 0 radical (unpaired) electrons. The van der Waals surface area contributed by atoms with E-state index in [0.717, 1.165) is 24.3 Å². The third kappa shape index (κ3) is 4.87. The average molecular weight is 480 g/mol. The Morgan fingerprint density at radius 3 is 2.89 bits per heavy atom. The number of hydrogen-bond donors (Lipinski definition) is 3. The number of nitrogens with zero attached hydrogens (tertiary/aromatic N) is 2. The van der Waals surface area contributed by atoms with Crippen molar-refractivity contribution in [1.82, 2.24) is 20.2 Å². The van der Waals surface area contributed by atoms with E-state index < -0.39 is 0 Å². The van der Waals surface area contributed by atoms with Gasteiger partial charge in [0.05, 0.1) is 36.4 Å². The SMILES string of the molecule is CC(C)(COc1cnccc1-c1[nH]c2c(c1Nc1cccc(F)c1)C(=O)NCC2)N1CCOCC1. The second-order valence-electron chi connectivity index (χ2n) is 9.44. The van der Waals surface area contributed by atoms with Gasteiger partial charge in [-0.3, -0.25) is 14.7 Å². The van der Waals surface area contributed by atoms with Crippen LogP contribution in [0.1, 0.15) is 29.9 Å². The van der Waals surface area contributed by atoms with Crippen LogP contribution < -0.4 is 15.4 Å². The zero-order valence-electron chi connectivity index (χ0n) is 20.0. The van der Waals surface area contributed by atoms with Crippen LogP contribution in [-0.2, 0) is 11.2 Å². The van der Waals surface area contributed by atoms with Crippen LogP contribution in [0, 0.1) is 5.82 Å². The quantitative estimate of drug-likeness (QED) is 0.478. The van der Waals surface area contributed by atoms with Gasteiger partial charge < -0.3 is 25.1 Å². The van der Waals surface area contributed by atoms with Crippen molar-refractivity contribution < 1.29 is 18.7 Å². The van der Waals surface area contributed by atoms with E-state index in [2.05, 4.69) is 39.3 Å². The molecule has 1 fully saturated rings. The molecule has 0 unspecified atom stereocenters. The van der Waals surface area contributed by atoms with Crippen LogP contribution in [0.3, 0.4) is 0 Å². The number of aromatic amines is 1. The van der Waals surface area contributed by atoms with Crippen molar-refractivity contribution >= 4 is 17.3 Å². The first kappa shape index (κ1) is 23.3. The number of morpholine rings is 1. The predicted molar refractivity (Wildman–Crippen MR) is 132 cm³/mol. The van der Waals surface area contributed by atoms with Crippen LogP contribution in [0.25, 0.3) is 11.3 Å². The summed E-state index contributed by atoms with van der Waals surface area (Å²) in [4.78, 5) is 22.9. The summed E-state index contributed by atoms with van der Waals surface area (Å²) in [6.07, 6.45) is 4.06. The number of fused-ring (bicyclic) bond motifs is 1. The van der Waals surface area contributed by atoms with E-state index in [1.165, 1.54) is 12.1 Å². The molecule has 2 aliphatic rings. The topological polar surface area (TPSA) is 91.5 Å². The summed E-state index contributed by atoms with van der Waals surface area (Å²) in [5, 5.41) is 6.18. The highest BCUT2D eigenvalue weighted by Crippen LogP contribution is 2.40. The smallest absolute Gasteiger partial charge is 0.255 e. The van der Waals surface area contributed by atoms with Gasteiger partial charge in [0.2, 0.25) is 0 Å². The van der Waals surface area contributed by atoms with Gasteiger partial charge in [0.15, 0.2) is 0 Å². The van der Waals surface area contributed by atoms with Gasteiger partial charge in [0.1, 0.15) is 18.2 Å². The molecule has 8 nitrogen and oxygen atoms in total. The lowest BCUT2D eigenvalue weighted by molar-refractivity contribution is -0.0250. The number of benzene rings is 1. The molecule has 0 bridgehead atoms. The van der Waals surface area contributed by atoms with E-state index in [4.69, 9.17) is 9.47 Å². The van der Waals surface area contributed by atoms with Crippen molar-refractivity contribution in [2.24, 2.45) is 0 Å². The predicted octanol–water partition coefficient (Wildman–Crippen LogP) is 3.73. The number of aromatic nitrogens is 2. The Morgan fingerprint density at radius 2 is 2.09 bits per heavy atom. The molecule has 9 heteroatoms. The lowest BCUT2D eigenvalue weighted by Gasteiger charge is -2.40. The Morgan fingerprint density at radius 1 is 1.26 bits per heavy atom. The van der Waals surface area contributed by atoms with Gasteiger partial charge in [-0.05, 0) is 38.1 Å². The normalized spacial score (nSPS) is 16.5. The van der Waals surface area contributed by atoms with Crippen LogP contribution in [-0.4, -0.2) is 65.8 Å². The fourth-order valence-electron chi connectivity index (χ4n) is 4.63. The number of amides is 1. The van der Waals surface area contributed by atoms with Crippen LogP contribution in [0.2, 0.25) is 0 Å². The Labute approximate surface area is 203 Å². The monoisotopic (exact) mass is 479 g/mol. The number of carbonyl (C=O) groups is 1. The third-order valence-corrected chi connectivity index (χ3v) is 6.56. The molecule has 3 aromatic rings. The highest BCUT2D eigenvalue weighted by Gasteiger charge is 2.31. The second kappa shape index (κ2) is 9.67. The molecule has 0 saturated carbocycles. The fourth-order valence-corrected chi connectivity index (χ4v) is 4.63. The van der Waals surface area contributed by atoms with Crippen LogP contribution in [0.15, 0.2) is 42.7 Å². The summed E-state index contributed by atoms with van der Waals surface area (Å²) in [6, 6.07) is 8.05. The molecular weight excluding hydrogens is 449 g/mol. The standard InChI is InChI=1S/C26H30FN5O3/c1-26(2,32-10-12-34-13-11-32)16-35-21-15-28-8-6-19(21)23-24(30-18-5-3-4-17(27)14-18)22-20(31-23)7-9-29-25(22)33/h3-6,8,14-15,30-31H,7,9-13,16H2,1-2H3,(H,29,33). The molecule has 0 aliphatic carbocycles. The average Bonchev–Trinajstić information content (AvgIpc) is 3.23. The summed E-state index contributed by atoms with van der Waals surface area (Å²) in [5.41, 5.74) is 3.79. The van der Waals surface area contributed by atoms with E-state index in [1.54, 1.807) is 24.5 Å². The van der Waals surface area contributed by atoms with Gasteiger partial charge in [-0.25, -0.2) is 4.39 Å². The van der Waals surface area contributed by atoms with E-state index in [1.807, 2.05) is 6.07 Å². The summed E-state index contributed by atoms with van der Waals surface area (Å²) in [7, 11) is 0. The molecule has 4 heterocycles. The number of nitrogens with one attached hydrogen (secondary N) is 3. The van der Waals surface area contributed by atoms with Crippen molar-refractivity contribution in [2.75, 3.05) is 44.8 Å². The number of pyridine rings is 1. The number of rotatable bonds is 7. The maximum atomic E-state index is 13.9. The number of halogens is 1. The van der Waals surface area contributed by atoms with Crippen molar-refractivity contribution in [3.8, 4) is 17.0 Å². The number of carbonyl (C=O) groups excluding carboxylic acids is 1. The minimum Gasteiger partial charge on any atom is -0.489 e. The largest absolute Gasteiger partial charge is 0.489 e. The van der Waals surface area contributed by atoms with Crippen LogP contribution >= 0.6 is 0 Å². The highest BCUT2D eigenvalue weighted by molar-refractivity contribution is 6.06. The minimum absolute atomic E-state index is 0.169.